The van der Waals surface area contributed by atoms with Gasteiger partial charge in [-0.25, -0.2) is 4.57 Å². The molecule has 6 rings (SSSR count). The van der Waals surface area contributed by atoms with Crippen molar-refractivity contribution >= 4 is 10.8 Å². The van der Waals surface area contributed by atoms with E-state index in [2.05, 4.69) is 82.6 Å². The molecule has 168 valence electrons. The van der Waals surface area contributed by atoms with Crippen molar-refractivity contribution in [1.82, 2.24) is 0 Å². The molecular weight excluding hydrogens is 386 g/mol. The number of aromatic nitrogens is 1. The molecule has 1 atom stereocenters. The van der Waals surface area contributed by atoms with E-state index in [-0.39, 0.29) is 0 Å². The Morgan fingerprint density at radius 1 is 0.938 bits per heavy atom. The standard InChI is InChI=1S/C31H40N/c1-19(2)26-17-28(20(3)4)21(5)29(18-26)31-27-12-11-24(16-25(27)13-14-32(31)6)30-15-22-7-9-23(30)10-8-22/h11-14,16-20,22-23,30H,7-10,15H2,1-6H3/q+1/i14D. The summed E-state index contributed by atoms with van der Waals surface area (Å²) in [6.07, 6.45) is 7.64. The Kier molecular flexibility index (Phi) is 5.32. The van der Waals surface area contributed by atoms with Crippen molar-refractivity contribution in [2.45, 2.75) is 84.5 Å². The average molecular weight is 428 g/mol. The Labute approximate surface area is 196 Å². The maximum Gasteiger partial charge on any atom is 0.220 e. The lowest BCUT2D eigenvalue weighted by molar-refractivity contribution is -0.659. The van der Waals surface area contributed by atoms with Crippen molar-refractivity contribution in [3.05, 3.63) is 64.8 Å². The Hall–Kier alpha value is -2.15. The van der Waals surface area contributed by atoms with E-state index in [4.69, 9.17) is 1.37 Å². The highest BCUT2D eigenvalue weighted by Gasteiger charge is 2.36. The van der Waals surface area contributed by atoms with E-state index >= 15 is 0 Å². The van der Waals surface area contributed by atoms with Crippen molar-refractivity contribution in [1.29, 1.82) is 0 Å². The topological polar surface area (TPSA) is 3.88 Å². The van der Waals surface area contributed by atoms with Gasteiger partial charge in [0.2, 0.25) is 5.69 Å². The molecule has 3 aromatic rings. The largest absolute Gasteiger partial charge is 0.220 e. The molecule has 0 amide bonds. The fourth-order valence-electron chi connectivity index (χ4n) is 6.61. The Morgan fingerprint density at radius 2 is 1.69 bits per heavy atom. The van der Waals surface area contributed by atoms with Gasteiger partial charge >= 0.3 is 0 Å². The van der Waals surface area contributed by atoms with Gasteiger partial charge in [-0.2, -0.15) is 0 Å². The van der Waals surface area contributed by atoms with Gasteiger partial charge in [0.05, 0.1) is 10.9 Å². The summed E-state index contributed by atoms with van der Waals surface area (Å²) >= 11 is 0. The average Bonchev–Trinajstić information content (AvgIpc) is 2.80. The van der Waals surface area contributed by atoms with E-state index < -0.39 is 0 Å². The highest BCUT2D eigenvalue weighted by molar-refractivity contribution is 5.94. The van der Waals surface area contributed by atoms with Crippen LogP contribution >= 0.6 is 0 Å². The van der Waals surface area contributed by atoms with E-state index in [1.54, 1.807) is 0 Å². The van der Waals surface area contributed by atoms with Gasteiger partial charge in [0.15, 0.2) is 6.17 Å². The van der Waals surface area contributed by atoms with Crippen LogP contribution < -0.4 is 4.57 Å². The smallest absolute Gasteiger partial charge is 0.200 e. The zero-order valence-electron chi connectivity index (χ0n) is 21.8. The van der Waals surface area contributed by atoms with Crippen LogP contribution in [0.5, 0.6) is 0 Å². The second-order valence-corrected chi connectivity index (χ2v) is 11.2. The van der Waals surface area contributed by atoms with Gasteiger partial charge < -0.3 is 0 Å². The first-order valence-electron chi connectivity index (χ1n) is 13.3. The van der Waals surface area contributed by atoms with Gasteiger partial charge in [0.1, 0.15) is 8.42 Å². The summed E-state index contributed by atoms with van der Waals surface area (Å²) in [5, 5.41) is 2.50. The second-order valence-electron chi connectivity index (χ2n) is 11.2. The van der Waals surface area contributed by atoms with Crippen LogP contribution in [0.15, 0.2) is 42.6 Å². The number of fused-ring (bicyclic) bond motifs is 4. The molecule has 3 aliphatic rings. The normalized spacial score (nSPS) is 23.4. The van der Waals surface area contributed by atoms with Crippen LogP contribution in [-0.4, -0.2) is 0 Å². The number of nitrogens with zero attached hydrogens (tertiary/aromatic N) is 1. The molecule has 1 heteroatoms. The highest BCUT2D eigenvalue weighted by Crippen LogP contribution is 2.50. The molecule has 1 unspecified atom stereocenters. The van der Waals surface area contributed by atoms with E-state index in [1.807, 2.05) is 0 Å². The minimum atomic E-state index is 0.478. The second kappa shape index (κ2) is 8.32. The predicted octanol–water partition coefficient (Wildman–Crippen LogP) is 8.18. The van der Waals surface area contributed by atoms with Crippen LogP contribution in [0.1, 0.15) is 101 Å². The molecule has 2 bridgehead atoms. The molecule has 1 heterocycles. The molecule has 0 N–H and O–H groups in total. The Morgan fingerprint density at radius 3 is 2.31 bits per heavy atom. The molecule has 3 fully saturated rings. The van der Waals surface area contributed by atoms with Gasteiger partial charge in [-0.15, -0.1) is 0 Å². The molecular formula is C31H40N+. The molecule has 32 heavy (non-hydrogen) atoms. The number of benzene rings is 2. The number of hydrogen-bond acceptors (Lipinski definition) is 0. The first kappa shape index (κ1) is 20.5. The molecule has 3 saturated carbocycles. The third-order valence-electron chi connectivity index (χ3n) is 8.57. The van der Waals surface area contributed by atoms with Crippen LogP contribution in [0.4, 0.5) is 0 Å². The van der Waals surface area contributed by atoms with Crippen molar-refractivity contribution in [3.8, 4) is 11.3 Å². The van der Waals surface area contributed by atoms with Gasteiger partial charge in [0, 0.05) is 6.07 Å². The summed E-state index contributed by atoms with van der Waals surface area (Å²) in [5.74, 6) is 3.47. The van der Waals surface area contributed by atoms with E-state index in [0.717, 1.165) is 11.8 Å². The molecule has 0 aliphatic heterocycles. The minimum absolute atomic E-state index is 0.478. The fourth-order valence-corrected chi connectivity index (χ4v) is 6.61. The van der Waals surface area contributed by atoms with Crippen LogP contribution in [0.25, 0.3) is 22.0 Å². The van der Waals surface area contributed by atoms with Crippen molar-refractivity contribution < 1.29 is 5.94 Å². The molecule has 0 saturated heterocycles. The van der Waals surface area contributed by atoms with E-state index in [9.17, 15) is 0 Å². The predicted molar refractivity (Wildman–Crippen MR) is 136 cm³/mol. The third-order valence-corrected chi connectivity index (χ3v) is 8.57. The SMILES string of the molecule is [2H]c1cc2cc(C3CC4CCC3CC4)ccc2c(-c2cc(C(C)C)cc(C(C)C)c2C)[n+]1C. The third kappa shape index (κ3) is 3.68. The van der Waals surface area contributed by atoms with Gasteiger partial charge in [-0.3, -0.25) is 0 Å². The maximum atomic E-state index is 8.80. The van der Waals surface area contributed by atoms with Crippen LogP contribution in [0.3, 0.4) is 0 Å². The Balaban J connectivity index is 1.70. The first-order valence-corrected chi connectivity index (χ1v) is 12.8. The van der Waals surface area contributed by atoms with Gasteiger partial charge in [0.25, 0.3) is 0 Å². The summed E-state index contributed by atoms with van der Waals surface area (Å²) < 4.78 is 10.9. The number of hydrogen-bond donors (Lipinski definition) is 0. The molecule has 2 aromatic carbocycles. The summed E-state index contributed by atoms with van der Waals surface area (Å²) in [6, 6.07) is 14.1. The quantitative estimate of drug-likeness (QED) is 0.370. The van der Waals surface area contributed by atoms with Crippen molar-refractivity contribution in [2.75, 3.05) is 0 Å². The van der Waals surface area contributed by atoms with Gasteiger partial charge in [-0.05, 0) is 95.5 Å². The van der Waals surface area contributed by atoms with E-state index in [0.29, 0.717) is 23.9 Å². The van der Waals surface area contributed by atoms with Gasteiger partial charge in [-0.1, -0.05) is 58.7 Å². The maximum absolute atomic E-state index is 8.80. The molecule has 3 aliphatic carbocycles. The van der Waals surface area contributed by atoms with Crippen LogP contribution in [0, 0.1) is 18.8 Å². The molecule has 0 radical (unpaired) electrons. The summed E-state index contributed by atoms with van der Waals surface area (Å²) in [6.45, 7) is 11.4. The summed E-state index contributed by atoms with van der Waals surface area (Å²) in [7, 11) is 2.06. The first-order chi connectivity index (χ1) is 15.7. The highest BCUT2D eigenvalue weighted by atomic mass is 14.9. The fraction of sp³-hybridized carbons (Fsp3) is 0.516. The van der Waals surface area contributed by atoms with Crippen molar-refractivity contribution in [3.63, 3.8) is 0 Å². The summed E-state index contributed by atoms with van der Waals surface area (Å²) in [4.78, 5) is 0. The van der Waals surface area contributed by atoms with Crippen LogP contribution in [-0.2, 0) is 7.05 Å². The zero-order valence-corrected chi connectivity index (χ0v) is 20.8. The minimum Gasteiger partial charge on any atom is -0.200 e. The van der Waals surface area contributed by atoms with Crippen LogP contribution in [0.2, 0.25) is 0 Å². The lowest BCUT2D eigenvalue weighted by atomic mass is 9.63. The number of pyridine rings is 1. The molecule has 0 spiro atoms. The number of rotatable bonds is 4. The monoisotopic (exact) mass is 427 g/mol. The Bertz CT molecular complexity index is 1200. The lowest BCUT2D eigenvalue weighted by Crippen LogP contribution is -2.31. The molecule has 1 aromatic heterocycles. The summed E-state index contributed by atoms with van der Waals surface area (Å²) in [5.41, 5.74) is 8.15. The van der Waals surface area contributed by atoms with Crippen molar-refractivity contribution in [2.24, 2.45) is 18.9 Å². The lowest BCUT2D eigenvalue weighted by Gasteiger charge is -2.42. The zero-order chi connectivity index (χ0) is 23.4. The van der Waals surface area contributed by atoms with E-state index in [1.165, 1.54) is 76.4 Å². The molecule has 1 nitrogen and oxygen atoms in total.